The molecule has 4 rings (SSSR count). The lowest BCUT2D eigenvalue weighted by atomic mass is 10.1. The number of para-hydroxylation sites is 1. The molecular formula is C29H35N7O2. The molecule has 1 heterocycles. The number of nitrogen functional groups attached to an aromatic ring is 1. The molecule has 0 aliphatic rings. The van der Waals surface area contributed by atoms with Crippen molar-refractivity contribution >= 4 is 40.2 Å². The Kier molecular flexibility index (Phi) is 10.1. The van der Waals surface area contributed by atoms with Crippen molar-refractivity contribution in [2.75, 3.05) is 44.8 Å². The molecule has 0 bridgehead atoms. The normalized spacial score (nSPS) is 10.4. The van der Waals surface area contributed by atoms with E-state index in [1.165, 1.54) is 6.21 Å². The predicted octanol–water partition coefficient (Wildman–Crippen LogP) is 4.70. The quantitative estimate of drug-likeness (QED) is 0.179. The van der Waals surface area contributed by atoms with E-state index >= 15 is 0 Å². The number of nitrogens with one attached hydrogen (secondary N) is 3. The molecule has 3 aromatic carbocycles. The highest BCUT2D eigenvalue weighted by Gasteiger charge is 2.12. The third kappa shape index (κ3) is 7.50. The molecule has 0 radical (unpaired) electrons. The Labute approximate surface area is 223 Å². The Morgan fingerprint density at radius 2 is 1.84 bits per heavy atom. The van der Waals surface area contributed by atoms with Crippen LogP contribution < -0.4 is 21.1 Å². The molecular weight excluding hydrogens is 478 g/mol. The van der Waals surface area contributed by atoms with Gasteiger partial charge in [-0.1, -0.05) is 38.1 Å². The molecule has 198 valence electrons. The van der Waals surface area contributed by atoms with Gasteiger partial charge >= 0.3 is 0 Å². The topological polar surface area (TPSA) is 129 Å². The molecule has 1 aromatic heterocycles. The second-order valence-electron chi connectivity index (χ2n) is 8.50. The molecule has 0 fully saturated rings. The van der Waals surface area contributed by atoms with Crippen molar-refractivity contribution < 1.29 is 9.53 Å². The van der Waals surface area contributed by atoms with E-state index in [1.54, 1.807) is 18.2 Å². The zero-order chi connectivity index (χ0) is 27.5. The third-order valence-electron chi connectivity index (χ3n) is 5.45. The van der Waals surface area contributed by atoms with Crippen LogP contribution in [0.25, 0.3) is 22.3 Å². The minimum absolute atomic E-state index is 0.0746. The number of aromatic nitrogens is 2. The van der Waals surface area contributed by atoms with Crippen LogP contribution >= 0.6 is 0 Å². The highest BCUT2D eigenvalue weighted by Crippen LogP contribution is 2.29. The van der Waals surface area contributed by atoms with E-state index < -0.39 is 0 Å². The molecule has 0 aliphatic carbocycles. The number of hydrogen-bond acceptors (Lipinski definition) is 8. The zero-order valence-corrected chi connectivity index (χ0v) is 22.3. The summed E-state index contributed by atoms with van der Waals surface area (Å²) in [4.78, 5) is 23.6. The van der Waals surface area contributed by atoms with Gasteiger partial charge in [-0.2, -0.15) is 0 Å². The van der Waals surface area contributed by atoms with Crippen LogP contribution in [0.15, 0.2) is 66.7 Å². The SMILES string of the molecule is CC.CN(C)CCNC(=O)COc1cccc(-c2nc(Nc3ccc(N)c(C=N)c3)c3ccccc3n2)c1. The maximum atomic E-state index is 12.1. The van der Waals surface area contributed by atoms with Gasteiger partial charge in [-0.3, -0.25) is 4.79 Å². The van der Waals surface area contributed by atoms with Gasteiger partial charge in [0.1, 0.15) is 11.6 Å². The van der Waals surface area contributed by atoms with Crippen molar-refractivity contribution in [3.8, 4) is 17.1 Å². The number of amides is 1. The number of nitrogens with zero attached hydrogens (tertiary/aromatic N) is 3. The standard InChI is InChI=1S/C27H29N7O2.C2H6/c1-34(2)13-12-30-25(35)17-36-21-7-5-6-18(15-21)26-32-24-9-4-3-8-22(24)27(33-26)31-20-10-11-23(29)19(14-20)16-28;1-2/h3-11,14-16,28H,12-13,17,29H2,1-2H3,(H,30,35)(H,31,32,33);1-2H3. The van der Waals surface area contributed by atoms with Gasteiger partial charge in [-0.15, -0.1) is 0 Å². The van der Waals surface area contributed by atoms with Crippen LogP contribution in [-0.2, 0) is 4.79 Å². The Balaban J connectivity index is 0.00000195. The molecule has 9 heteroatoms. The predicted molar refractivity (Wildman–Crippen MR) is 155 cm³/mol. The van der Waals surface area contributed by atoms with Crippen LogP contribution in [0.1, 0.15) is 19.4 Å². The number of hydrogen-bond donors (Lipinski definition) is 4. The summed E-state index contributed by atoms with van der Waals surface area (Å²) in [7, 11) is 3.90. The number of benzene rings is 3. The highest BCUT2D eigenvalue weighted by molar-refractivity contribution is 5.93. The summed E-state index contributed by atoms with van der Waals surface area (Å²) in [5, 5.41) is 14.6. The van der Waals surface area contributed by atoms with E-state index in [-0.39, 0.29) is 12.5 Å². The Hall–Kier alpha value is -4.50. The fourth-order valence-electron chi connectivity index (χ4n) is 3.56. The highest BCUT2D eigenvalue weighted by atomic mass is 16.5. The molecule has 1 amide bonds. The molecule has 38 heavy (non-hydrogen) atoms. The number of nitrogens with two attached hydrogens (primary N) is 1. The summed E-state index contributed by atoms with van der Waals surface area (Å²) in [5.74, 6) is 1.52. The average molecular weight is 514 g/mol. The first-order valence-electron chi connectivity index (χ1n) is 12.5. The molecule has 0 saturated heterocycles. The van der Waals surface area contributed by atoms with E-state index in [9.17, 15) is 4.79 Å². The van der Waals surface area contributed by atoms with Crippen LogP contribution in [0.5, 0.6) is 5.75 Å². The van der Waals surface area contributed by atoms with Crippen molar-refractivity contribution in [3.63, 3.8) is 0 Å². The smallest absolute Gasteiger partial charge is 0.257 e. The molecule has 0 unspecified atom stereocenters. The van der Waals surface area contributed by atoms with Crippen molar-refractivity contribution in [2.45, 2.75) is 13.8 Å². The lowest BCUT2D eigenvalue weighted by Crippen LogP contribution is -2.34. The Morgan fingerprint density at radius 1 is 1.05 bits per heavy atom. The first kappa shape index (κ1) is 28.1. The van der Waals surface area contributed by atoms with E-state index in [0.29, 0.717) is 35.2 Å². The Bertz CT molecular complexity index is 1390. The summed E-state index contributed by atoms with van der Waals surface area (Å²) in [6, 6.07) is 20.5. The maximum Gasteiger partial charge on any atom is 0.257 e. The number of ether oxygens (including phenoxy) is 1. The number of carbonyl (C=O) groups excluding carboxylic acids is 1. The summed E-state index contributed by atoms with van der Waals surface area (Å²) >= 11 is 0. The van der Waals surface area contributed by atoms with Crippen LogP contribution in [-0.4, -0.2) is 60.8 Å². The fraction of sp³-hybridized carbons (Fsp3) is 0.241. The van der Waals surface area contributed by atoms with Gasteiger partial charge in [0.2, 0.25) is 0 Å². The summed E-state index contributed by atoms with van der Waals surface area (Å²) in [6.45, 7) is 5.25. The van der Waals surface area contributed by atoms with Crippen molar-refractivity contribution in [3.05, 3.63) is 72.3 Å². The van der Waals surface area contributed by atoms with Crippen LogP contribution in [0.3, 0.4) is 0 Å². The second-order valence-corrected chi connectivity index (χ2v) is 8.50. The van der Waals surface area contributed by atoms with Crippen LogP contribution in [0.4, 0.5) is 17.2 Å². The molecule has 9 nitrogen and oxygen atoms in total. The van der Waals surface area contributed by atoms with E-state index in [1.807, 2.05) is 81.4 Å². The van der Waals surface area contributed by atoms with Gasteiger partial charge in [0.15, 0.2) is 12.4 Å². The van der Waals surface area contributed by atoms with E-state index in [0.717, 1.165) is 28.7 Å². The van der Waals surface area contributed by atoms with Crippen LogP contribution in [0, 0.1) is 5.41 Å². The van der Waals surface area contributed by atoms with Gasteiger partial charge in [-0.25, -0.2) is 9.97 Å². The molecule has 5 N–H and O–H groups in total. The van der Waals surface area contributed by atoms with Gasteiger partial charge in [0, 0.05) is 47.2 Å². The first-order chi connectivity index (χ1) is 18.4. The molecule has 0 saturated carbocycles. The monoisotopic (exact) mass is 513 g/mol. The Morgan fingerprint density at radius 3 is 2.61 bits per heavy atom. The minimum atomic E-state index is -0.177. The van der Waals surface area contributed by atoms with Gasteiger partial charge in [0.25, 0.3) is 5.91 Å². The largest absolute Gasteiger partial charge is 0.484 e. The minimum Gasteiger partial charge on any atom is -0.484 e. The van der Waals surface area contributed by atoms with E-state index in [2.05, 4.69) is 10.6 Å². The van der Waals surface area contributed by atoms with Gasteiger partial charge in [0.05, 0.1) is 5.52 Å². The maximum absolute atomic E-state index is 12.1. The molecule has 0 spiro atoms. The molecule has 4 aromatic rings. The fourth-order valence-corrected chi connectivity index (χ4v) is 3.56. The molecule has 0 aliphatic heterocycles. The van der Waals surface area contributed by atoms with E-state index in [4.69, 9.17) is 25.8 Å². The molecule has 0 atom stereocenters. The van der Waals surface area contributed by atoms with Crippen LogP contribution in [0.2, 0.25) is 0 Å². The second kappa shape index (κ2) is 13.7. The summed E-state index contributed by atoms with van der Waals surface area (Å²) in [5.41, 5.74) is 9.38. The number of rotatable bonds is 10. The number of anilines is 3. The number of likely N-dealkylation sites (N-methyl/N-ethyl adjacent to an activating group) is 1. The lowest BCUT2D eigenvalue weighted by molar-refractivity contribution is -0.123. The van der Waals surface area contributed by atoms with Crippen molar-refractivity contribution in [2.24, 2.45) is 0 Å². The van der Waals surface area contributed by atoms with Crippen molar-refractivity contribution in [1.82, 2.24) is 20.2 Å². The first-order valence-corrected chi connectivity index (χ1v) is 12.5. The van der Waals surface area contributed by atoms with Gasteiger partial charge < -0.3 is 31.4 Å². The summed E-state index contributed by atoms with van der Waals surface area (Å²) < 4.78 is 5.71. The average Bonchev–Trinajstić information content (AvgIpc) is 2.94. The lowest BCUT2D eigenvalue weighted by Gasteiger charge is -2.13. The van der Waals surface area contributed by atoms with Crippen molar-refractivity contribution in [1.29, 1.82) is 5.41 Å². The zero-order valence-electron chi connectivity index (χ0n) is 22.3. The number of carbonyl (C=O) groups is 1. The van der Waals surface area contributed by atoms with Gasteiger partial charge in [-0.05, 0) is 56.6 Å². The number of fused-ring (bicyclic) bond motifs is 1. The third-order valence-corrected chi connectivity index (χ3v) is 5.45. The summed E-state index contributed by atoms with van der Waals surface area (Å²) in [6.07, 6.45) is 1.22.